The molecule has 4 heteroatoms. The van der Waals surface area contributed by atoms with Crippen LogP contribution in [0.15, 0.2) is 18.3 Å². The number of likely N-dealkylation sites (tertiary alicyclic amines) is 1. The van der Waals surface area contributed by atoms with Gasteiger partial charge in [0.15, 0.2) is 5.78 Å². The zero-order valence-corrected chi connectivity index (χ0v) is 12.1. The smallest absolute Gasteiger partial charge is 0.178 e. The summed E-state index contributed by atoms with van der Waals surface area (Å²) in [5.41, 5.74) is 1.61. The lowest BCUT2D eigenvalue weighted by atomic mass is 10.2. The molecule has 104 valence electrons. The number of hydrogen-bond acceptors (Lipinski definition) is 4. The molecule has 0 radical (unpaired) electrons. The predicted molar refractivity (Wildman–Crippen MR) is 77.8 cm³/mol. The molecule has 4 nitrogen and oxygen atoms in total. The summed E-state index contributed by atoms with van der Waals surface area (Å²) in [7, 11) is 2.09. The van der Waals surface area contributed by atoms with E-state index < -0.39 is 0 Å². The number of pyridine rings is 1. The van der Waals surface area contributed by atoms with Crippen LogP contribution in [0, 0.1) is 0 Å². The number of rotatable bonds is 5. The van der Waals surface area contributed by atoms with Gasteiger partial charge in [0.2, 0.25) is 0 Å². The lowest BCUT2D eigenvalue weighted by molar-refractivity contribution is 0.101. The fraction of sp³-hybridized carbons (Fsp3) is 0.600. The van der Waals surface area contributed by atoms with Crippen molar-refractivity contribution < 1.29 is 4.79 Å². The van der Waals surface area contributed by atoms with Crippen LogP contribution in [0.5, 0.6) is 0 Å². The second-order valence-electron chi connectivity index (χ2n) is 5.26. The molecule has 0 N–H and O–H groups in total. The van der Waals surface area contributed by atoms with Gasteiger partial charge in [-0.1, -0.05) is 6.92 Å². The van der Waals surface area contributed by atoms with Crippen LogP contribution in [0.3, 0.4) is 0 Å². The Morgan fingerprint density at radius 2 is 2.32 bits per heavy atom. The third-order valence-corrected chi connectivity index (χ3v) is 3.94. The number of aromatic nitrogens is 1. The maximum Gasteiger partial charge on any atom is 0.178 e. The Kier molecular flexibility index (Phi) is 4.53. The molecule has 1 aliphatic heterocycles. The zero-order chi connectivity index (χ0) is 13.8. The highest BCUT2D eigenvalue weighted by Crippen LogP contribution is 2.20. The SMILES string of the molecule is CCN1CCCC1CN(C)c1ccc(C(C)=O)nc1. The molecule has 0 aromatic carbocycles. The fourth-order valence-corrected chi connectivity index (χ4v) is 2.76. The highest BCUT2D eigenvalue weighted by molar-refractivity contribution is 5.92. The molecule has 1 aromatic rings. The summed E-state index contributed by atoms with van der Waals surface area (Å²) in [4.78, 5) is 20.2. The van der Waals surface area contributed by atoms with Crippen molar-refractivity contribution >= 4 is 11.5 Å². The molecule has 0 bridgehead atoms. The zero-order valence-electron chi connectivity index (χ0n) is 12.1. The number of hydrogen-bond donors (Lipinski definition) is 0. The molecule has 1 aromatic heterocycles. The van der Waals surface area contributed by atoms with Gasteiger partial charge in [-0.3, -0.25) is 14.7 Å². The van der Waals surface area contributed by atoms with Gasteiger partial charge in [0.1, 0.15) is 5.69 Å². The Hall–Kier alpha value is -1.42. The first kappa shape index (κ1) is 14.0. The topological polar surface area (TPSA) is 36.4 Å². The number of carbonyl (C=O) groups is 1. The van der Waals surface area contributed by atoms with Crippen molar-refractivity contribution in [2.45, 2.75) is 32.7 Å². The minimum Gasteiger partial charge on any atom is -0.372 e. The summed E-state index contributed by atoms with van der Waals surface area (Å²) in [6.07, 6.45) is 4.37. The van der Waals surface area contributed by atoms with E-state index in [1.165, 1.54) is 19.4 Å². The standard InChI is InChI=1S/C15H23N3O/c1-4-18-9-5-6-14(18)11-17(3)13-7-8-15(12(2)19)16-10-13/h7-8,10,14H,4-6,9,11H2,1-3H3. The van der Waals surface area contributed by atoms with E-state index in [-0.39, 0.29) is 5.78 Å². The molecular weight excluding hydrogens is 238 g/mol. The Balaban J connectivity index is 1.99. The monoisotopic (exact) mass is 261 g/mol. The third kappa shape index (κ3) is 3.32. The molecule has 1 saturated heterocycles. The molecule has 1 unspecified atom stereocenters. The summed E-state index contributed by atoms with van der Waals surface area (Å²) in [6.45, 7) is 7.14. The van der Waals surface area contributed by atoms with Crippen LogP contribution in [0.2, 0.25) is 0 Å². The van der Waals surface area contributed by atoms with Gasteiger partial charge in [0.05, 0.1) is 11.9 Å². The lowest BCUT2D eigenvalue weighted by Gasteiger charge is -2.28. The predicted octanol–water partition coefficient (Wildman–Crippen LogP) is 2.20. The van der Waals surface area contributed by atoms with E-state index in [0.29, 0.717) is 11.7 Å². The molecule has 1 fully saturated rings. The van der Waals surface area contributed by atoms with Crippen LogP contribution < -0.4 is 4.90 Å². The maximum absolute atomic E-state index is 11.2. The van der Waals surface area contributed by atoms with E-state index in [1.54, 1.807) is 19.2 Å². The summed E-state index contributed by atoms with van der Waals surface area (Å²) in [5.74, 6) is 0.0159. The molecular formula is C15H23N3O. The summed E-state index contributed by atoms with van der Waals surface area (Å²) >= 11 is 0. The third-order valence-electron chi connectivity index (χ3n) is 3.94. The number of likely N-dealkylation sites (N-methyl/N-ethyl adjacent to an activating group) is 2. The van der Waals surface area contributed by atoms with Crippen molar-refractivity contribution in [1.82, 2.24) is 9.88 Å². The number of carbonyl (C=O) groups excluding carboxylic acids is 1. The van der Waals surface area contributed by atoms with Gasteiger partial charge in [-0.15, -0.1) is 0 Å². The van der Waals surface area contributed by atoms with Crippen LogP contribution in [-0.2, 0) is 0 Å². The molecule has 2 rings (SSSR count). The highest BCUT2D eigenvalue weighted by Gasteiger charge is 2.24. The lowest BCUT2D eigenvalue weighted by Crippen LogP contribution is -2.38. The first-order valence-corrected chi connectivity index (χ1v) is 7.04. The van der Waals surface area contributed by atoms with Crippen molar-refractivity contribution in [1.29, 1.82) is 0 Å². The summed E-state index contributed by atoms with van der Waals surface area (Å²) in [6, 6.07) is 4.43. The molecule has 2 heterocycles. The first-order valence-electron chi connectivity index (χ1n) is 7.04. The molecule has 0 saturated carbocycles. The van der Waals surface area contributed by atoms with Gasteiger partial charge in [-0.25, -0.2) is 0 Å². The average Bonchev–Trinajstić information content (AvgIpc) is 2.86. The number of Topliss-reactive ketones (excluding diaryl/α,β-unsaturated/α-hetero) is 1. The van der Waals surface area contributed by atoms with Crippen LogP contribution >= 0.6 is 0 Å². The molecule has 19 heavy (non-hydrogen) atoms. The largest absolute Gasteiger partial charge is 0.372 e. The van der Waals surface area contributed by atoms with Crippen molar-refractivity contribution in [2.24, 2.45) is 0 Å². The van der Waals surface area contributed by atoms with Crippen molar-refractivity contribution in [3.05, 3.63) is 24.0 Å². The summed E-state index contributed by atoms with van der Waals surface area (Å²) < 4.78 is 0. The van der Waals surface area contributed by atoms with E-state index >= 15 is 0 Å². The van der Waals surface area contributed by atoms with Crippen LogP contribution in [-0.4, -0.2) is 48.4 Å². The van der Waals surface area contributed by atoms with Crippen molar-refractivity contribution in [3.63, 3.8) is 0 Å². The van der Waals surface area contributed by atoms with E-state index in [0.717, 1.165) is 18.8 Å². The molecule has 0 aliphatic carbocycles. The number of ketones is 1. The molecule has 1 aliphatic rings. The van der Waals surface area contributed by atoms with Gasteiger partial charge in [0, 0.05) is 26.6 Å². The van der Waals surface area contributed by atoms with Crippen molar-refractivity contribution in [2.75, 3.05) is 31.6 Å². The van der Waals surface area contributed by atoms with Gasteiger partial charge in [-0.2, -0.15) is 0 Å². The molecule has 1 atom stereocenters. The van der Waals surface area contributed by atoms with E-state index in [4.69, 9.17) is 0 Å². The van der Waals surface area contributed by atoms with E-state index in [9.17, 15) is 4.79 Å². The van der Waals surface area contributed by atoms with Crippen LogP contribution in [0.25, 0.3) is 0 Å². The Labute approximate surface area is 115 Å². The van der Waals surface area contributed by atoms with Crippen molar-refractivity contribution in [3.8, 4) is 0 Å². The number of nitrogens with zero attached hydrogens (tertiary/aromatic N) is 3. The van der Waals surface area contributed by atoms with Gasteiger partial charge in [0.25, 0.3) is 0 Å². The normalized spacial score (nSPS) is 19.6. The Bertz CT molecular complexity index is 430. The van der Waals surface area contributed by atoms with Gasteiger partial charge >= 0.3 is 0 Å². The average molecular weight is 261 g/mol. The first-order chi connectivity index (χ1) is 9.11. The number of anilines is 1. The Morgan fingerprint density at radius 1 is 1.53 bits per heavy atom. The quantitative estimate of drug-likeness (QED) is 0.761. The minimum atomic E-state index is 0.0159. The van der Waals surface area contributed by atoms with E-state index in [2.05, 4.69) is 28.8 Å². The molecule has 0 spiro atoms. The van der Waals surface area contributed by atoms with E-state index in [1.807, 2.05) is 6.07 Å². The van der Waals surface area contributed by atoms with Gasteiger partial charge < -0.3 is 4.90 Å². The fourth-order valence-electron chi connectivity index (χ4n) is 2.76. The second-order valence-corrected chi connectivity index (χ2v) is 5.26. The highest BCUT2D eigenvalue weighted by atomic mass is 16.1. The van der Waals surface area contributed by atoms with Crippen LogP contribution in [0.1, 0.15) is 37.2 Å². The second kappa shape index (κ2) is 6.15. The summed E-state index contributed by atoms with van der Waals surface area (Å²) in [5, 5.41) is 0. The molecule has 0 amide bonds. The minimum absolute atomic E-state index is 0.0159. The Morgan fingerprint density at radius 3 is 2.89 bits per heavy atom. The van der Waals surface area contributed by atoms with Crippen LogP contribution in [0.4, 0.5) is 5.69 Å². The van der Waals surface area contributed by atoms with Gasteiger partial charge in [-0.05, 0) is 38.1 Å². The maximum atomic E-state index is 11.2.